The Morgan fingerprint density at radius 2 is 0.783 bits per heavy atom. The van der Waals surface area contributed by atoms with Gasteiger partial charge in [0.1, 0.15) is 76.6 Å². The number of unbranched alkanes of at least 4 members (excludes halogenated alkanes) is 6. The van der Waals surface area contributed by atoms with Crippen LogP contribution in [0.25, 0.3) is 0 Å². The van der Waals surface area contributed by atoms with Gasteiger partial charge in [0, 0.05) is 29.7 Å². The fraction of sp³-hybridized carbons (Fsp3) is 0.492. The van der Waals surface area contributed by atoms with E-state index in [1.165, 1.54) is 0 Å². The van der Waals surface area contributed by atoms with Gasteiger partial charge in [-0.1, -0.05) is 128 Å². The second kappa shape index (κ2) is 41.2. The van der Waals surface area contributed by atoms with Crippen molar-refractivity contribution in [2.75, 3.05) is 52.9 Å². The van der Waals surface area contributed by atoms with Crippen LogP contribution in [0.2, 0.25) is 0 Å². The highest BCUT2D eigenvalue weighted by atomic mass is 16.6. The van der Waals surface area contributed by atoms with Crippen LogP contribution in [0.3, 0.4) is 0 Å². The molecule has 0 bridgehead atoms. The standard InChI is InChI=1S/C63H84O20/c1-9-15-17-19-21-23-25-45(61(72)80-39-49(64)37-76-55(66)11-3)35-59(70)82-53(43-78-57(68)13-5)41-74-51-31-27-47(28-32-51)63(7,8)48-29-33-52(34-30-48)75-42-54(44-79-58(69)14-6)83-60(71)36-46(26-24-22-20-18-16-10-2)62(73)81-40-50(65)38-77-56(67)12-4/h11-14,21-24,27-34,45-46,49-50,53-54,64-65H,3-6,9-10,15-20,25-26,35-44H2,1-2,7-8H3/b23-21+,24-22+. The third-order valence-corrected chi connectivity index (χ3v) is 12.4. The molecule has 0 saturated heterocycles. The predicted molar refractivity (Wildman–Crippen MR) is 306 cm³/mol. The summed E-state index contributed by atoms with van der Waals surface area (Å²) in [5.74, 6) is -7.42. The van der Waals surface area contributed by atoms with E-state index in [9.17, 15) is 48.6 Å². The Kier molecular flexibility index (Phi) is 35.4. The highest BCUT2D eigenvalue weighted by molar-refractivity contribution is 5.83. The van der Waals surface area contributed by atoms with Crippen molar-refractivity contribution in [1.82, 2.24) is 0 Å². The lowest BCUT2D eigenvalue weighted by Crippen LogP contribution is -2.33. The van der Waals surface area contributed by atoms with E-state index in [1.54, 1.807) is 36.4 Å². The molecule has 0 heterocycles. The van der Waals surface area contributed by atoms with Crippen LogP contribution in [0.15, 0.2) is 123 Å². The van der Waals surface area contributed by atoms with Crippen molar-refractivity contribution in [3.05, 3.63) is 135 Å². The van der Waals surface area contributed by atoms with Crippen LogP contribution in [0.1, 0.15) is 116 Å². The van der Waals surface area contributed by atoms with Crippen LogP contribution in [0, 0.1) is 11.8 Å². The molecule has 83 heavy (non-hydrogen) atoms. The second-order valence-electron chi connectivity index (χ2n) is 19.6. The van der Waals surface area contributed by atoms with Crippen LogP contribution < -0.4 is 9.47 Å². The Morgan fingerprint density at radius 3 is 1.11 bits per heavy atom. The number of ether oxygens (including phenoxy) is 10. The molecule has 2 rings (SSSR count). The van der Waals surface area contributed by atoms with E-state index in [1.807, 2.05) is 50.3 Å². The van der Waals surface area contributed by atoms with E-state index >= 15 is 0 Å². The minimum atomic E-state index is -1.32. The van der Waals surface area contributed by atoms with Crippen molar-refractivity contribution in [1.29, 1.82) is 0 Å². The van der Waals surface area contributed by atoms with Crippen LogP contribution >= 0.6 is 0 Å². The van der Waals surface area contributed by atoms with Crippen LogP contribution in [-0.4, -0.2) is 135 Å². The van der Waals surface area contributed by atoms with Gasteiger partial charge in [0.05, 0.1) is 24.7 Å². The largest absolute Gasteiger partial charge is 0.490 e. The molecule has 0 amide bonds. The molecule has 2 aromatic carbocycles. The minimum absolute atomic E-state index is 0.129. The molecule has 456 valence electrons. The number of carbonyl (C=O) groups is 8. The lowest BCUT2D eigenvalue weighted by atomic mass is 9.78. The molecule has 20 heteroatoms. The first kappa shape index (κ1) is 71.3. The lowest BCUT2D eigenvalue weighted by Gasteiger charge is -2.27. The molecule has 0 aliphatic rings. The van der Waals surface area contributed by atoms with Crippen molar-refractivity contribution in [3.8, 4) is 11.5 Å². The van der Waals surface area contributed by atoms with Gasteiger partial charge in [-0.2, -0.15) is 0 Å². The number of hydrogen-bond donors (Lipinski definition) is 2. The van der Waals surface area contributed by atoms with Gasteiger partial charge in [-0.15, -0.1) is 0 Å². The number of allylic oxidation sites excluding steroid dienone is 4. The first-order valence-corrected chi connectivity index (χ1v) is 27.8. The number of aliphatic hydroxyl groups excluding tert-OH is 2. The first-order chi connectivity index (χ1) is 39.8. The summed E-state index contributed by atoms with van der Waals surface area (Å²) in [6, 6.07) is 14.3. The van der Waals surface area contributed by atoms with Crippen molar-refractivity contribution in [2.45, 2.75) is 135 Å². The summed E-state index contributed by atoms with van der Waals surface area (Å²) in [5.41, 5.74) is 1.21. The van der Waals surface area contributed by atoms with E-state index in [-0.39, 0.29) is 39.3 Å². The zero-order valence-electron chi connectivity index (χ0n) is 48.4. The van der Waals surface area contributed by atoms with Crippen LogP contribution in [0.5, 0.6) is 11.5 Å². The van der Waals surface area contributed by atoms with Crippen molar-refractivity contribution in [3.63, 3.8) is 0 Å². The average molecular weight is 1160 g/mol. The monoisotopic (exact) mass is 1160 g/mol. The first-order valence-electron chi connectivity index (χ1n) is 27.8. The van der Waals surface area contributed by atoms with Gasteiger partial charge >= 0.3 is 47.8 Å². The highest BCUT2D eigenvalue weighted by Gasteiger charge is 2.30. The van der Waals surface area contributed by atoms with Crippen molar-refractivity contribution >= 4 is 47.8 Å². The molecule has 0 fully saturated rings. The summed E-state index contributed by atoms with van der Waals surface area (Å²) >= 11 is 0. The van der Waals surface area contributed by atoms with E-state index < -0.39 is 129 Å². The third-order valence-electron chi connectivity index (χ3n) is 12.4. The van der Waals surface area contributed by atoms with E-state index in [4.69, 9.17) is 47.4 Å². The fourth-order valence-electron chi connectivity index (χ4n) is 7.52. The normalized spacial score (nSPS) is 13.4. The fourth-order valence-corrected chi connectivity index (χ4v) is 7.52. The number of esters is 8. The summed E-state index contributed by atoms with van der Waals surface area (Å²) in [5, 5.41) is 20.4. The quantitative estimate of drug-likeness (QED) is 0.0207. The second-order valence-corrected chi connectivity index (χ2v) is 19.6. The molecule has 0 aromatic heterocycles. The molecule has 6 atom stereocenters. The van der Waals surface area contributed by atoms with Gasteiger partial charge in [0.2, 0.25) is 0 Å². The highest BCUT2D eigenvalue weighted by Crippen LogP contribution is 2.34. The number of carbonyl (C=O) groups excluding carboxylic acids is 8. The molecule has 0 radical (unpaired) electrons. The maximum atomic E-state index is 13.4. The van der Waals surface area contributed by atoms with Gasteiger partial charge in [0.15, 0.2) is 12.2 Å². The molecule has 0 spiro atoms. The Labute approximate surface area is 487 Å². The topological polar surface area (TPSA) is 269 Å². The van der Waals surface area contributed by atoms with E-state index in [0.29, 0.717) is 11.5 Å². The maximum absolute atomic E-state index is 13.4. The molecule has 0 saturated carbocycles. The molecule has 0 aliphatic carbocycles. The van der Waals surface area contributed by atoms with Gasteiger partial charge in [0.25, 0.3) is 0 Å². The van der Waals surface area contributed by atoms with Gasteiger partial charge in [-0.05, 0) is 73.9 Å². The molecule has 6 unspecified atom stereocenters. The molecule has 0 aliphatic heterocycles. The van der Waals surface area contributed by atoms with E-state index in [0.717, 1.165) is 86.8 Å². The van der Waals surface area contributed by atoms with Crippen molar-refractivity contribution in [2.24, 2.45) is 11.8 Å². The molecule has 2 N–H and O–H groups in total. The number of benzene rings is 2. The Hall–Kier alpha value is -7.84. The van der Waals surface area contributed by atoms with Crippen LogP contribution in [-0.2, 0) is 81.7 Å². The summed E-state index contributed by atoms with van der Waals surface area (Å²) < 4.78 is 54.0. The van der Waals surface area contributed by atoms with Gasteiger partial charge in [-0.3, -0.25) is 19.2 Å². The van der Waals surface area contributed by atoms with Gasteiger partial charge < -0.3 is 57.6 Å². The SMILES string of the molecule is C=CC(=O)OCC(O)COC(=O)C(C/C=C/CCCCC)CC(=O)OC(COC(=O)C=C)COc1ccc(C(C)(C)c2ccc(OCC(COC(=O)C=C)OC(=O)CC(C/C=C/CCCCC)C(=O)OCC(O)COC(=O)C=C)cc2)cc1. The third kappa shape index (κ3) is 30.7. The zero-order valence-corrected chi connectivity index (χ0v) is 48.4. The Morgan fingerprint density at radius 1 is 0.458 bits per heavy atom. The molecule has 20 nitrogen and oxygen atoms in total. The zero-order chi connectivity index (χ0) is 61.4. The molecular weight excluding hydrogens is 1080 g/mol. The predicted octanol–water partition coefficient (Wildman–Crippen LogP) is 8.38. The van der Waals surface area contributed by atoms with Crippen LogP contribution in [0.4, 0.5) is 0 Å². The number of rotatable bonds is 44. The number of hydrogen-bond acceptors (Lipinski definition) is 20. The maximum Gasteiger partial charge on any atom is 0.330 e. The average Bonchev–Trinajstić information content (AvgIpc) is 3.54. The summed E-state index contributed by atoms with van der Waals surface area (Å²) in [7, 11) is 0. The van der Waals surface area contributed by atoms with Gasteiger partial charge in [-0.25, -0.2) is 19.2 Å². The molecular formula is C63H84O20. The minimum Gasteiger partial charge on any atom is -0.490 e. The summed E-state index contributed by atoms with van der Waals surface area (Å²) in [4.78, 5) is 100. The molecule has 2 aromatic rings. The van der Waals surface area contributed by atoms with E-state index in [2.05, 4.69) is 40.2 Å². The summed E-state index contributed by atoms with van der Waals surface area (Å²) in [6.45, 7) is 18.5. The Balaban J connectivity index is 2.17. The summed E-state index contributed by atoms with van der Waals surface area (Å²) in [6.07, 6.45) is 13.3. The Bertz CT molecular complexity index is 2260. The lowest BCUT2D eigenvalue weighted by molar-refractivity contribution is -0.164. The smallest absolute Gasteiger partial charge is 0.330 e. The number of aliphatic hydroxyl groups is 2. The van der Waals surface area contributed by atoms with Crippen molar-refractivity contribution < 1.29 is 95.9 Å².